The highest BCUT2D eigenvalue weighted by Crippen LogP contribution is 2.26. The van der Waals surface area contributed by atoms with Crippen molar-refractivity contribution in [2.45, 2.75) is 27.3 Å². The number of benzene rings is 2. The minimum absolute atomic E-state index is 0.157. The van der Waals surface area contributed by atoms with Gasteiger partial charge in [-0.1, -0.05) is 29.8 Å². The van der Waals surface area contributed by atoms with E-state index in [1.165, 1.54) is 29.2 Å². The van der Waals surface area contributed by atoms with Gasteiger partial charge in [0.05, 0.1) is 25.0 Å². The summed E-state index contributed by atoms with van der Waals surface area (Å²) in [7, 11) is 4.87. The van der Waals surface area contributed by atoms with E-state index >= 15 is 0 Å². The molecule has 7 nitrogen and oxygen atoms in total. The predicted molar refractivity (Wildman–Crippen MR) is 131 cm³/mol. The molecule has 0 saturated heterocycles. The van der Waals surface area contributed by atoms with E-state index in [0.717, 1.165) is 17.0 Å². The number of ether oxygens (including phenoxy) is 1. The van der Waals surface area contributed by atoms with Crippen LogP contribution in [-0.4, -0.2) is 47.7 Å². The van der Waals surface area contributed by atoms with Crippen LogP contribution >= 0.6 is 0 Å². The van der Waals surface area contributed by atoms with Crippen LogP contribution in [0.1, 0.15) is 38.4 Å². The Morgan fingerprint density at radius 1 is 1.09 bits per heavy atom. The summed E-state index contributed by atoms with van der Waals surface area (Å²) in [5, 5.41) is 7.44. The lowest BCUT2D eigenvalue weighted by Crippen LogP contribution is -2.22. The maximum Gasteiger partial charge on any atom is 0.253 e. The zero-order valence-electron chi connectivity index (χ0n) is 20.0. The van der Waals surface area contributed by atoms with Crippen molar-refractivity contribution in [3.8, 4) is 5.75 Å². The fraction of sp³-hybridized carbons (Fsp3) is 0.269. The highest BCUT2D eigenvalue weighted by Gasteiger charge is 2.14. The summed E-state index contributed by atoms with van der Waals surface area (Å²) in [5.41, 5.74) is 6.01. The molecule has 0 aliphatic carbocycles. The number of carbonyl (C=O) groups excluding carboxylic acids is 2. The minimum atomic E-state index is -0.326. The molecule has 0 radical (unpaired) electrons. The number of carbonyl (C=O) groups is 2. The van der Waals surface area contributed by atoms with Gasteiger partial charge < -0.3 is 15.0 Å². The summed E-state index contributed by atoms with van der Waals surface area (Å²) in [6.45, 7) is 6.64. The maximum atomic E-state index is 12.6. The van der Waals surface area contributed by atoms with Crippen molar-refractivity contribution < 1.29 is 14.3 Å². The molecule has 3 rings (SSSR count). The smallest absolute Gasteiger partial charge is 0.253 e. The lowest BCUT2D eigenvalue weighted by atomic mass is 10.1. The maximum absolute atomic E-state index is 12.6. The van der Waals surface area contributed by atoms with E-state index in [-0.39, 0.29) is 11.8 Å². The lowest BCUT2D eigenvalue weighted by molar-refractivity contribution is -0.111. The standard InChI is InChI=1S/C26H30N4O3/c1-17-7-9-20(10-8-17)16-30-19(3)22(18(2)28-30)12-14-25(31)27-23-15-21(26(32)29(4)5)11-13-24(23)33-6/h7-15H,16H2,1-6H3,(H,27,31)/b14-12+. The molecule has 0 aliphatic heterocycles. The molecule has 0 bridgehead atoms. The fourth-order valence-electron chi connectivity index (χ4n) is 3.50. The van der Waals surface area contributed by atoms with Crippen molar-refractivity contribution in [1.82, 2.24) is 14.7 Å². The van der Waals surface area contributed by atoms with Crippen LogP contribution in [0.2, 0.25) is 0 Å². The number of hydrogen-bond acceptors (Lipinski definition) is 4. The third kappa shape index (κ3) is 5.68. The minimum Gasteiger partial charge on any atom is -0.495 e. The van der Waals surface area contributed by atoms with Crippen molar-refractivity contribution in [1.29, 1.82) is 0 Å². The van der Waals surface area contributed by atoms with Crippen molar-refractivity contribution in [3.05, 3.63) is 82.2 Å². The molecule has 3 aromatic rings. The summed E-state index contributed by atoms with van der Waals surface area (Å²) in [5.74, 6) is -0.00546. The molecule has 0 unspecified atom stereocenters. The number of anilines is 1. The molecular formula is C26H30N4O3. The fourth-order valence-corrected chi connectivity index (χ4v) is 3.50. The van der Waals surface area contributed by atoms with Gasteiger partial charge in [0, 0.05) is 37.0 Å². The Labute approximate surface area is 194 Å². The second kappa shape index (κ2) is 10.2. The van der Waals surface area contributed by atoms with Crippen molar-refractivity contribution in [3.63, 3.8) is 0 Å². The van der Waals surface area contributed by atoms with Gasteiger partial charge in [-0.25, -0.2) is 0 Å². The summed E-state index contributed by atoms with van der Waals surface area (Å²) < 4.78 is 7.27. The molecule has 0 aliphatic rings. The second-order valence-corrected chi connectivity index (χ2v) is 8.16. The van der Waals surface area contributed by atoms with E-state index in [2.05, 4.69) is 41.6 Å². The van der Waals surface area contributed by atoms with Crippen LogP contribution in [0.25, 0.3) is 6.08 Å². The Morgan fingerprint density at radius 3 is 2.42 bits per heavy atom. The van der Waals surface area contributed by atoms with Gasteiger partial charge in [0.2, 0.25) is 5.91 Å². The summed E-state index contributed by atoms with van der Waals surface area (Å²) in [6, 6.07) is 13.3. The van der Waals surface area contributed by atoms with Gasteiger partial charge in [-0.2, -0.15) is 5.10 Å². The van der Waals surface area contributed by atoms with Crippen LogP contribution < -0.4 is 10.1 Å². The van der Waals surface area contributed by atoms with Gasteiger partial charge in [-0.15, -0.1) is 0 Å². The normalized spacial score (nSPS) is 11.0. The molecule has 1 N–H and O–H groups in total. The second-order valence-electron chi connectivity index (χ2n) is 8.16. The Morgan fingerprint density at radius 2 is 1.79 bits per heavy atom. The first kappa shape index (κ1) is 23.8. The van der Waals surface area contributed by atoms with Gasteiger partial charge in [0.25, 0.3) is 5.91 Å². The quantitative estimate of drug-likeness (QED) is 0.552. The van der Waals surface area contributed by atoms with Gasteiger partial charge in [0.1, 0.15) is 5.75 Å². The SMILES string of the molecule is COc1ccc(C(=O)N(C)C)cc1NC(=O)/C=C/c1c(C)nn(Cc2ccc(C)cc2)c1C. The average Bonchev–Trinajstić information content (AvgIpc) is 3.05. The molecule has 7 heteroatoms. The Hall–Kier alpha value is -3.87. The number of rotatable bonds is 7. The number of hydrogen-bond donors (Lipinski definition) is 1. The third-order valence-corrected chi connectivity index (χ3v) is 5.40. The molecule has 172 valence electrons. The molecular weight excluding hydrogens is 416 g/mol. The van der Waals surface area contributed by atoms with Crippen LogP contribution in [0.15, 0.2) is 48.5 Å². The van der Waals surface area contributed by atoms with Crippen LogP contribution in [-0.2, 0) is 11.3 Å². The highest BCUT2D eigenvalue weighted by molar-refractivity contribution is 6.04. The Kier molecular flexibility index (Phi) is 7.33. The topological polar surface area (TPSA) is 76.5 Å². The monoisotopic (exact) mass is 446 g/mol. The van der Waals surface area contributed by atoms with E-state index in [9.17, 15) is 9.59 Å². The largest absolute Gasteiger partial charge is 0.495 e. The van der Waals surface area contributed by atoms with Crippen LogP contribution in [0.5, 0.6) is 5.75 Å². The van der Waals surface area contributed by atoms with Crippen LogP contribution in [0, 0.1) is 20.8 Å². The number of nitrogens with one attached hydrogen (secondary N) is 1. The molecule has 0 saturated carbocycles. The van der Waals surface area contributed by atoms with E-state index in [1.807, 2.05) is 18.5 Å². The Bertz CT molecular complexity index is 1190. The van der Waals surface area contributed by atoms with Crippen molar-refractivity contribution in [2.24, 2.45) is 0 Å². The number of nitrogens with zero attached hydrogens (tertiary/aromatic N) is 3. The number of aromatic nitrogens is 2. The first-order valence-electron chi connectivity index (χ1n) is 10.7. The van der Waals surface area contributed by atoms with E-state index in [1.54, 1.807) is 38.4 Å². The molecule has 0 atom stereocenters. The van der Waals surface area contributed by atoms with Crippen molar-refractivity contribution >= 4 is 23.6 Å². The molecule has 2 amide bonds. The zero-order chi connectivity index (χ0) is 24.1. The first-order valence-corrected chi connectivity index (χ1v) is 10.7. The van der Waals surface area contributed by atoms with Gasteiger partial charge >= 0.3 is 0 Å². The molecule has 33 heavy (non-hydrogen) atoms. The lowest BCUT2D eigenvalue weighted by Gasteiger charge is -2.14. The van der Waals surface area contributed by atoms with E-state index < -0.39 is 0 Å². The van der Waals surface area contributed by atoms with Crippen LogP contribution in [0.4, 0.5) is 5.69 Å². The molecule has 0 spiro atoms. The summed E-state index contributed by atoms with van der Waals surface area (Å²) >= 11 is 0. The molecule has 1 heterocycles. The van der Waals surface area contributed by atoms with Crippen LogP contribution in [0.3, 0.4) is 0 Å². The van der Waals surface area contributed by atoms with Crippen molar-refractivity contribution in [2.75, 3.05) is 26.5 Å². The first-order chi connectivity index (χ1) is 15.7. The van der Waals surface area contributed by atoms with Gasteiger partial charge in [-0.3, -0.25) is 14.3 Å². The van der Waals surface area contributed by atoms with E-state index in [4.69, 9.17) is 4.74 Å². The van der Waals surface area contributed by atoms with Gasteiger partial charge in [0.15, 0.2) is 0 Å². The predicted octanol–water partition coefficient (Wildman–Crippen LogP) is 4.22. The molecule has 2 aromatic carbocycles. The molecule has 1 aromatic heterocycles. The third-order valence-electron chi connectivity index (χ3n) is 5.40. The van der Waals surface area contributed by atoms with E-state index in [0.29, 0.717) is 23.5 Å². The summed E-state index contributed by atoms with van der Waals surface area (Å²) in [6.07, 6.45) is 3.23. The summed E-state index contributed by atoms with van der Waals surface area (Å²) in [4.78, 5) is 26.4. The zero-order valence-corrected chi connectivity index (χ0v) is 20.0. The molecule has 0 fully saturated rings. The van der Waals surface area contributed by atoms with Gasteiger partial charge in [-0.05, 0) is 50.6 Å². The number of methoxy groups -OCH3 is 1. The average molecular weight is 447 g/mol. The number of aryl methyl sites for hydroxylation is 2. The highest BCUT2D eigenvalue weighted by atomic mass is 16.5. The Balaban J connectivity index is 1.77. The number of amides is 2.